The highest BCUT2D eigenvalue weighted by Gasteiger charge is 2.15. The van der Waals surface area contributed by atoms with Gasteiger partial charge in [-0.25, -0.2) is 0 Å². The second-order valence-electron chi connectivity index (χ2n) is 5.65. The molecular formula is C15H23N3. The van der Waals surface area contributed by atoms with E-state index in [4.69, 9.17) is 0 Å². The summed E-state index contributed by atoms with van der Waals surface area (Å²) in [7, 11) is 4.24. The Morgan fingerprint density at radius 3 is 2.61 bits per heavy atom. The smallest absolute Gasteiger partial charge is 0.0517 e. The van der Waals surface area contributed by atoms with Gasteiger partial charge in [0.25, 0.3) is 0 Å². The number of nitrogens with zero attached hydrogens (tertiary/aromatic N) is 3. The topological polar surface area (TPSA) is 21.1 Å². The van der Waals surface area contributed by atoms with Crippen LogP contribution in [0.5, 0.6) is 0 Å². The first kappa shape index (κ1) is 13.1. The van der Waals surface area contributed by atoms with Crippen LogP contribution in [0.2, 0.25) is 0 Å². The van der Waals surface area contributed by atoms with Crippen molar-refractivity contribution in [2.45, 2.75) is 32.7 Å². The van der Waals surface area contributed by atoms with Crippen molar-refractivity contribution in [2.75, 3.05) is 20.6 Å². The van der Waals surface area contributed by atoms with Gasteiger partial charge in [-0.2, -0.15) is 0 Å². The van der Waals surface area contributed by atoms with E-state index in [1.807, 2.05) is 12.4 Å². The molecule has 0 saturated carbocycles. The molecule has 2 heterocycles. The molecule has 0 bridgehead atoms. The van der Waals surface area contributed by atoms with E-state index in [-0.39, 0.29) is 0 Å². The fraction of sp³-hybridized carbons (Fsp3) is 0.533. The lowest BCUT2D eigenvalue weighted by atomic mass is 10.0. The van der Waals surface area contributed by atoms with Crippen LogP contribution in [0.4, 0.5) is 0 Å². The van der Waals surface area contributed by atoms with Crippen LogP contribution in [0, 0.1) is 0 Å². The minimum Gasteiger partial charge on any atom is -0.343 e. The van der Waals surface area contributed by atoms with Gasteiger partial charge < -0.3 is 9.47 Å². The minimum absolute atomic E-state index is 0.470. The molecule has 1 unspecified atom stereocenters. The zero-order valence-corrected chi connectivity index (χ0v) is 12.0. The quantitative estimate of drug-likeness (QED) is 0.824. The fourth-order valence-electron chi connectivity index (χ4n) is 2.56. The number of fused-ring (bicyclic) bond motifs is 1. The molecule has 0 aromatic carbocycles. The lowest BCUT2D eigenvalue weighted by Gasteiger charge is -2.19. The normalized spacial score (nSPS) is 13.7. The van der Waals surface area contributed by atoms with Gasteiger partial charge in [-0.3, -0.25) is 4.98 Å². The largest absolute Gasteiger partial charge is 0.343 e. The van der Waals surface area contributed by atoms with E-state index in [2.05, 4.69) is 61.6 Å². The molecule has 0 fully saturated rings. The zero-order chi connectivity index (χ0) is 13.3. The Hall–Kier alpha value is -1.35. The van der Waals surface area contributed by atoms with Gasteiger partial charge in [0.05, 0.1) is 5.52 Å². The van der Waals surface area contributed by atoms with Crippen molar-refractivity contribution in [3.05, 3.63) is 30.2 Å². The Kier molecular flexibility index (Phi) is 3.71. The molecule has 0 radical (unpaired) electrons. The van der Waals surface area contributed by atoms with Gasteiger partial charge in [0.2, 0.25) is 0 Å². The summed E-state index contributed by atoms with van der Waals surface area (Å²) in [6.07, 6.45) is 6.17. The van der Waals surface area contributed by atoms with E-state index >= 15 is 0 Å². The molecule has 2 aromatic rings. The van der Waals surface area contributed by atoms with Crippen LogP contribution in [-0.2, 0) is 0 Å². The number of aromatic nitrogens is 2. The number of hydrogen-bond acceptors (Lipinski definition) is 2. The lowest BCUT2D eigenvalue weighted by molar-refractivity contribution is 0.341. The Bertz CT molecular complexity index is 526. The van der Waals surface area contributed by atoms with Crippen LogP contribution in [0.1, 0.15) is 38.3 Å². The van der Waals surface area contributed by atoms with E-state index in [1.54, 1.807) is 0 Å². The number of pyridine rings is 1. The third-order valence-electron chi connectivity index (χ3n) is 3.39. The Balaban J connectivity index is 2.51. The average molecular weight is 245 g/mol. The van der Waals surface area contributed by atoms with Crippen molar-refractivity contribution < 1.29 is 0 Å². The van der Waals surface area contributed by atoms with E-state index in [0.717, 1.165) is 6.54 Å². The van der Waals surface area contributed by atoms with Crippen LogP contribution < -0.4 is 0 Å². The number of hydrogen-bond donors (Lipinski definition) is 0. The van der Waals surface area contributed by atoms with E-state index in [0.29, 0.717) is 12.0 Å². The van der Waals surface area contributed by atoms with Gasteiger partial charge in [-0.05, 0) is 38.6 Å². The molecule has 1 atom stereocenters. The van der Waals surface area contributed by atoms with Crippen molar-refractivity contribution in [1.29, 1.82) is 0 Å². The maximum Gasteiger partial charge on any atom is 0.0517 e. The standard InChI is InChI=1S/C15H23N3/c1-11(2)14-10-18(12(3)9-17(4)5)15-6-7-16-8-13(14)15/h6-8,10-12H,9H2,1-5H3. The second-order valence-corrected chi connectivity index (χ2v) is 5.65. The molecule has 98 valence electrons. The van der Waals surface area contributed by atoms with E-state index < -0.39 is 0 Å². The van der Waals surface area contributed by atoms with E-state index in [1.165, 1.54) is 16.5 Å². The molecule has 2 aromatic heterocycles. The average Bonchev–Trinajstić information content (AvgIpc) is 2.67. The number of rotatable bonds is 4. The Labute approximate surface area is 109 Å². The summed E-state index contributed by atoms with van der Waals surface area (Å²) >= 11 is 0. The summed E-state index contributed by atoms with van der Waals surface area (Å²) in [5, 5.41) is 1.29. The fourth-order valence-corrected chi connectivity index (χ4v) is 2.56. The van der Waals surface area contributed by atoms with Crippen LogP contribution >= 0.6 is 0 Å². The SMILES string of the molecule is CC(C)c1cn(C(C)CN(C)C)c2ccncc12. The summed E-state index contributed by atoms with van der Waals surface area (Å²) in [6, 6.07) is 2.59. The molecule has 2 rings (SSSR count). The summed E-state index contributed by atoms with van der Waals surface area (Å²) in [4.78, 5) is 6.49. The maximum atomic E-state index is 4.27. The van der Waals surface area contributed by atoms with Crippen LogP contribution in [0.15, 0.2) is 24.7 Å². The zero-order valence-electron chi connectivity index (χ0n) is 12.0. The first-order chi connectivity index (χ1) is 8.50. The van der Waals surface area contributed by atoms with Crippen molar-refractivity contribution in [3.63, 3.8) is 0 Å². The predicted molar refractivity (Wildman–Crippen MR) is 77.1 cm³/mol. The second kappa shape index (κ2) is 5.11. The summed E-state index contributed by atoms with van der Waals surface area (Å²) in [6.45, 7) is 7.79. The van der Waals surface area contributed by atoms with Gasteiger partial charge in [-0.1, -0.05) is 13.8 Å². The molecule has 0 aliphatic rings. The molecule has 3 nitrogen and oxygen atoms in total. The van der Waals surface area contributed by atoms with Gasteiger partial charge in [0, 0.05) is 36.6 Å². The van der Waals surface area contributed by atoms with Crippen molar-refractivity contribution in [1.82, 2.24) is 14.5 Å². The van der Waals surface area contributed by atoms with Gasteiger partial charge in [0.15, 0.2) is 0 Å². The third kappa shape index (κ3) is 2.41. The monoisotopic (exact) mass is 245 g/mol. The molecular weight excluding hydrogens is 222 g/mol. The molecule has 0 amide bonds. The predicted octanol–water partition coefficient (Wildman–Crippen LogP) is 3.28. The summed E-state index contributed by atoms with van der Waals surface area (Å²) in [5.74, 6) is 0.532. The summed E-state index contributed by atoms with van der Waals surface area (Å²) in [5.41, 5.74) is 2.69. The maximum absolute atomic E-state index is 4.27. The molecule has 3 heteroatoms. The van der Waals surface area contributed by atoms with Crippen molar-refractivity contribution in [2.24, 2.45) is 0 Å². The van der Waals surface area contributed by atoms with Gasteiger partial charge in [0.1, 0.15) is 0 Å². The first-order valence-electron chi connectivity index (χ1n) is 6.60. The molecule has 0 aliphatic carbocycles. The van der Waals surface area contributed by atoms with Crippen LogP contribution in [-0.4, -0.2) is 35.1 Å². The molecule has 0 aliphatic heterocycles. The summed E-state index contributed by atoms with van der Waals surface area (Å²) < 4.78 is 2.38. The van der Waals surface area contributed by atoms with Crippen molar-refractivity contribution >= 4 is 10.9 Å². The number of likely N-dealkylation sites (N-methyl/N-ethyl adjacent to an activating group) is 1. The van der Waals surface area contributed by atoms with E-state index in [9.17, 15) is 0 Å². The Morgan fingerprint density at radius 1 is 1.28 bits per heavy atom. The molecule has 18 heavy (non-hydrogen) atoms. The minimum atomic E-state index is 0.470. The van der Waals surface area contributed by atoms with Gasteiger partial charge >= 0.3 is 0 Å². The van der Waals surface area contributed by atoms with Crippen LogP contribution in [0.25, 0.3) is 10.9 Å². The highest BCUT2D eigenvalue weighted by atomic mass is 15.1. The van der Waals surface area contributed by atoms with Crippen molar-refractivity contribution in [3.8, 4) is 0 Å². The lowest BCUT2D eigenvalue weighted by Crippen LogP contribution is -2.22. The van der Waals surface area contributed by atoms with Gasteiger partial charge in [-0.15, -0.1) is 0 Å². The highest BCUT2D eigenvalue weighted by Crippen LogP contribution is 2.29. The third-order valence-corrected chi connectivity index (χ3v) is 3.39. The first-order valence-corrected chi connectivity index (χ1v) is 6.60. The molecule has 0 saturated heterocycles. The highest BCUT2D eigenvalue weighted by molar-refractivity contribution is 5.83. The molecule has 0 N–H and O–H groups in total. The Morgan fingerprint density at radius 2 is 2.00 bits per heavy atom. The van der Waals surface area contributed by atoms with Crippen LogP contribution in [0.3, 0.4) is 0 Å². The molecule has 0 spiro atoms.